The van der Waals surface area contributed by atoms with Crippen molar-refractivity contribution in [3.63, 3.8) is 0 Å². The van der Waals surface area contributed by atoms with Crippen LogP contribution in [0.1, 0.15) is 19.8 Å². The van der Waals surface area contributed by atoms with Crippen LogP contribution in [0.25, 0.3) is 0 Å². The third-order valence-corrected chi connectivity index (χ3v) is 108. The predicted octanol–water partition coefficient (Wildman–Crippen LogP) is 19.1. The second-order valence-electron chi connectivity index (χ2n) is 40.1. The lowest BCUT2D eigenvalue weighted by Crippen LogP contribution is -2.63. The monoisotopic (exact) mass is 1990 g/mol. The standard InChI is InChI=1S/C59H166O28Si24/c1-59(63-55-52-60)58-62-53-50-56-88(2,3)65-90(6,7)67-92(10,11)69-94(14,15)71-96(18,19)73-98(22,23)75-100(26,27)77-102(30,31)79-104(34,35)81-106(38,39)83-108(42,43)85-110(46,47)87-111(48,49)86-109(44,45)84-107(40,41)82-105(36,37)80-103(32,33)78-101(28,29)76-99(24,25)74-97(20,21)72-95(16,17)70-93(12,13)68-91(8,9)66-89(4,5)57-51-54-64-61/h52,59,61H,50-51,53-58H2,1-49H3. The maximum absolute atomic E-state index is 10.6. The summed E-state index contributed by atoms with van der Waals surface area (Å²) in [6, 6.07) is 1.76. The Labute approximate surface area is 703 Å². The fraction of sp³-hybridized carbons (Fsp3) is 0.983. The highest BCUT2D eigenvalue weighted by atomic mass is 28.6. The van der Waals surface area contributed by atoms with E-state index in [4.69, 9.17) is 109 Å². The highest BCUT2D eigenvalue weighted by Crippen LogP contribution is 2.37. The molecule has 0 radical (unpaired) electrons. The van der Waals surface area contributed by atoms with E-state index in [9.17, 15) is 4.79 Å². The van der Waals surface area contributed by atoms with Crippen LogP contribution in [-0.4, -0.2) is 249 Å². The van der Waals surface area contributed by atoms with Gasteiger partial charge in [-0.25, -0.2) is 4.89 Å². The quantitative estimate of drug-likeness (QED) is 0.0195. The summed E-state index contributed by atoms with van der Waals surface area (Å²) in [6.07, 6.45) is 2.20. The van der Waals surface area contributed by atoms with Gasteiger partial charge in [-0.05, 0) is 346 Å². The van der Waals surface area contributed by atoms with E-state index in [1.165, 1.54) is 0 Å². The van der Waals surface area contributed by atoms with E-state index in [-0.39, 0.29) is 19.3 Å². The van der Waals surface area contributed by atoms with Crippen molar-refractivity contribution in [3.05, 3.63) is 0 Å². The molecule has 0 aromatic rings. The van der Waals surface area contributed by atoms with Gasteiger partial charge in [0.25, 0.3) is 0 Å². The van der Waals surface area contributed by atoms with E-state index in [0.717, 1.165) is 31.2 Å². The third-order valence-electron chi connectivity index (χ3n) is 14.3. The van der Waals surface area contributed by atoms with Crippen molar-refractivity contribution in [2.75, 3.05) is 26.4 Å². The van der Waals surface area contributed by atoms with Gasteiger partial charge in [-0.15, -0.1) is 0 Å². The summed E-state index contributed by atoms with van der Waals surface area (Å²) < 4.78 is 171. The second-order valence-corrected chi connectivity index (χ2v) is 128. The van der Waals surface area contributed by atoms with Crippen molar-refractivity contribution in [2.24, 2.45) is 0 Å². The van der Waals surface area contributed by atoms with Crippen LogP contribution in [0.15, 0.2) is 0 Å². The number of ether oxygens (including phenoxy) is 2. The summed E-state index contributed by atoms with van der Waals surface area (Å²) in [5.74, 6) is 0. The molecule has 666 valence electrons. The van der Waals surface area contributed by atoms with Crippen LogP contribution < -0.4 is 0 Å². The lowest BCUT2D eigenvalue weighted by molar-refractivity contribution is -0.241. The van der Waals surface area contributed by atoms with Gasteiger partial charge in [0, 0.05) is 6.61 Å². The highest BCUT2D eigenvalue weighted by molar-refractivity contribution is 6.97. The molecule has 0 bridgehead atoms. The summed E-state index contributed by atoms with van der Waals surface area (Å²) in [5, 5.41) is 8.84. The molecule has 0 saturated carbocycles. The van der Waals surface area contributed by atoms with Crippen molar-refractivity contribution >= 4 is 211 Å². The molecule has 0 aromatic carbocycles. The molecule has 0 aliphatic carbocycles. The smallest absolute Gasteiger partial charge is 0.314 e. The Morgan fingerprint density at radius 1 is 0.225 bits per heavy atom. The van der Waals surface area contributed by atoms with Gasteiger partial charge in [-0.1, -0.05) is 0 Å². The molecule has 1 atom stereocenters. The van der Waals surface area contributed by atoms with Gasteiger partial charge in [-0.3, -0.25) is 5.26 Å². The van der Waals surface area contributed by atoms with E-state index < -0.39 is 205 Å². The van der Waals surface area contributed by atoms with Gasteiger partial charge in [0.05, 0.1) is 19.3 Å². The van der Waals surface area contributed by atoms with Crippen LogP contribution in [0, 0.1) is 0 Å². The Morgan fingerprint density at radius 2 is 0.360 bits per heavy atom. The van der Waals surface area contributed by atoms with Crippen LogP contribution in [0.4, 0.5) is 0 Å². The second kappa shape index (κ2) is 41.9. The molecule has 0 spiro atoms. The van der Waals surface area contributed by atoms with Gasteiger partial charge < -0.3 is 109 Å². The predicted molar refractivity (Wildman–Crippen MR) is 504 cm³/mol. The van der Waals surface area contributed by atoms with Crippen LogP contribution in [-0.2, 0) is 114 Å². The van der Waals surface area contributed by atoms with Crippen molar-refractivity contribution in [2.45, 2.75) is 352 Å². The fourth-order valence-electron chi connectivity index (χ4n) is 16.0. The molecule has 0 fully saturated rings. The lowest BCUT2D eigenvalue weighted by atomic mass is 10.4. The van der Waals surface area contributed by atoms with Crippen LogP contribution >= 0.6 is 0 Å². The minimum atomic E-state index is -2.92. The number of hydrogen-bond acceptors (Lipinski definition) is 28. The summed E-state index contributed by atoms with van der Waals surface area (Å²) in [4.78, 5) is 15.0. The van der Waals surface area contributed by atoms with Crippen molar-refractivity contribution < 1.29 is 119 Å². The maximum Gasteiger partial charge on any atom is 0.314 e. The van der Waals surface area contributed by atoms with Crippen LogP contribution in [0.3, 0.4) is 0 Å². The summed E-state index contributed by atoms with van der Waals surface area (Å²) >= 11 is 0. The van der Waals surface area contributed by atoms with Gasteiger partial charge in [-0.2, -0.15) is 0 Å². The van der Waals surface area contributed by atoms with E-state index in [1.807, 2.05) is 190 Å². The minimum absolute atomic E-state index is 0.0732. The Balaban J connectivity index is 5.85. The van der Waals surface area contributed by atoms with E-state index >= 15 is 0 Å². The molecule has 28 nitrogen and oxygen atoms in total. The molecule has 0 heterocycles. The number of carbonyl (C=O) groups excluding carboxylic acids is 1. The third kappa shape index (κ3) is 55.0. The zero-order chi connectivity index (χ0) is 88.3. The van der Waals surface area contributed by atoms with Crippen LogP contribution in [0.5, 0.6) is 0 Å². The first-order valence-electron chi connectivity index (χ1n) is 39.3. The lowest BCUT2D eigenvalue weighted by Gasteiger charge is -2.45. The largest absolute Gasteiger partial charge is 0.436 e. The Morgan fingerprint density at radius 3 is 0.495 bits per heavy atom. The summed E-state index contributed by atoms with van der Waals surface area (Å²) in [6.45, 7) is 102. The van der Waals surface area contributed by atoms with Crippen molar-refractivity contribution in [3.8, 4) is 0 Å². The average Bonchev–Trinajstić information content (AvgIpc) is 0.797. The minimum Gasteiger partial charge on any atom is -0.436 e. The van der Waals surface area contributed by atoms with E-state index in [1.54, 1.807) is 0 Å². The molecule has 0 aliphatic rings. The van der Waals surface area contributed by atoms with Gasteiger partial charge in [0.15, 0.2) is 16.6 Å². The topological polar surface area (TPSA) is 277 Å². The molecule has 0 rings (SSSR count). The zero-order valence-corrected chi connectivity index (χ0v) is 103. The average molecular weight is 2000 g/mol. The number of hydrogen-bond donors (Lipinski definition) is 1. The SMILES string of the molecule is CC(COCCC[Si](C)(C)O[Si](C)(C)O[Si](C)(C)O[Si](C)(C)O[Si](C)(C)O[Si](C)(C)O[Si](C)(C)O[Si](C)(C)O[Si](C)(C)O[Si](C)(C)O[Si](C)(C)O[Si](C)(C)O[Si](C)(C)O[Si](C)(C)O[Si](C)(C)O[Si](C)(C)O[Si](C)(C)O[Si](C)(C)O[Si](C)(C)O[Si](C)(C)O[Si](C)(C)O[Si](C)(C)O[Si](C)(C)O[Si](C)(C)CCCOO)OCC=O. The summed E-state index contributed by atoms with van der Waals surface area (Å²) in [5.41, 5.74) is 0. The molecule has 0 aromatic heterocycles. The Hall–Kier alpha value is 3.80. The molecular weight excluding hydrogens is 1830 g/mol. The fourth-order valence-corrected chi connectivity index (χ4v) is 141. The van der Waals surface area contributed by atoms with Gasteiger partial charge in [0.2, 0.25) is 0 Å². The summed E-state index contributed by atoms with van der Waals surface area (Å²) in [7, 11) is -66.9. The Bertz CT molecular complexity index is 2820. The molecular formula is C59H166O28Si24. The Kier molecular flexibility index (Phi) is 43.4. The molecule has 111 heavy (non-hydrogen) atoms. The molecule has 0 aliphatic heterocycles. The van der Waals surface area contributed by atoms with Crippen LogP contribution in [0.2, 0.25) is 326 Å². The van der Waals surface area contributed by atoms with Gasteiger partial charge in [0.1, 0.15) is 12.9 Å². The molecule has 1 N–H and O–H groups in total. The molecule has 1 unspecified atom stereocenters. The van der Waals surface area contributed by atoms with Gasteiger partial charge >= 0.3 is 188 Å². The molecule has 0 saturated heterocycles. The normalized spacial score (nSPS) is 16.0. The highest BCUT2D eigenvalue weighted by Gasteiger charge is 2.56. The van der Waals surface area contributed by atoms with E-state index in [2.05, 4.69) is 136 Å². The first-order valence-corrected chi connectivity index (χ1v) is 107. The number of rotatable bonds is 59. The zero-order valence-electron chi connectivity index (χ0n) is 79.3. The number of aldehydes is 1. The van der Waals surface area contributed by atoms with Crippen molar-refractivity contribution in [1.82, 2.24) is 0 Å². The molecule has 0 amide bonds. The first kappa shape index (κ1) is 115. The van der Waals surface area contributed by atoms with Crippen molar-refractivity contribution in [1.29, 1.82) is 0 Å². The van der Waals surface area contributed by atoms with E-state index in [0.29, 0.717) is 13.2 Å². The number of carbonyl (C=O) groups is 1. The maximum atomic E-state index is 10.6. The first-order chi connectivity index (χ1) is 48.3. The molecule has 52 heteroatoms.